The Morgan fingerprint density at radius 2 is 2.07 bits per heavy atom. The van der Waals surface area contributed by atoms with Gasteiger partial charge in [0, 0.05) is 6.54 Å². The molecule has 3 nitrogen and oxygen atoms in total. The van der Waals surface area contributed by atoms with Gasteiger partial charge in [0.15, 0.2) is 0 Å². The van der Waals surface area contributed by atoms with E-state index < -0.39 is 0 Å². The Morgan fingerprint density at radius 3 is 2.47 bits per heavy atom. The number of hydrogen-bond acceptors (Lipinski definition) is 2. The normalized spacial score (nSPS) is 20.1. The second kappa shape index (κ2) is 4.97. The topological polar surface area (TPSA) is 55.1 Å². The fourth-order valence-corrected chi connectivity index (χ4v) is 1.96. The summed E-state index contributed by atoms with van der Waals surface area (Å²) in [6.07, 6.45) is 4.23. The Kier molecular flexibility index (Phi) is 4.14. The predicted octanol–water partition coefficient (Wildman–Crippen LogP) is 1.67. The van der Waals surface area contributed by atoms with Crippen molar-refractivity contribution < 1.29 is 4.79 Å². The molecule has 1 atom stereocenters. The summed E-state index contributed by atoms with van der Waals surface area (Å²) in [5.74, 6) is 0.670. The number of carbonyl (C=O) groups excluding carboxylic acids is 1. The van der Waals surface area contributed by atoms with Crippen molar-refractivity contribution in [3.63, 3.8) is 0 Å². The molecule has 3 heteroatoms. The lowest BCUT2D eigenvalue weighted by Crippen LogP contribution is -2.43. The average Bonchev–Trinajstić information content (AvgIpc) is 2.95. The molecule has 3 N–H and O–H groups in total. The number of carbonyl (C=O) groups is 1. The molecule has 15 heavy (non-hydrogen) atoms. The molecule has 1 rings (SSSR count). The van der Waals surface area contributed by atoms with E-state index in [1.54, 1.807) is 0 Å². The summed E-state index contributed by atoms with van der Waals surface area (Å²) in [7, 11) is 0. The molecule has 0 aromatic rings. The van der Waals surface area contributed by atoms with Gasteiger partial charge in [-0.2, -0.15) is 0 Å². The third kappa shape index (κ3) is 3.20. The van der Waals surface area contributed by atoms with Gasteiger partial charge in [-0.05, 0) is 30.6 Å². The Hall–Kier alpha value is -0.570. The second-order valence-corrected chi connectivity index (χ2v) is 5.13. The lowest BCUT2D eigenvalue weighted by molar-refractivity contribution is -0.122. The van der Waals surface area contributed by atoms with E-state index in [-0.39, 0.29) is 11.9 Å². The molecule has 1 fully saturated rings. The summed E-state index contributed by atoms with van der Waals surface area (Å²) in [6.45, 7) is 7.31. The van der Waals surface area contributed by atoms with Crippen LogP contribution in [0.5, 0.6) is 0 Å². The van der Waals surface area contributed by atoms with Crippen LogP contribution in [0, 0.1) is 11.3 Å². The maximum absolute atomic E-state index is 11.6. The minimum Gasteiger partial charge on any atom is -0.354 e. The number of nitrogens with two attached hydrogens (primary N) is 1. The van der Waals surface area contributed by atoms with Gasteiger partial charge < -0.3 is 11.1 Å². The molecular weight excluding hydrogens is 188 g/mol. The quantitative estimate of drug-likeness (QED) is 0.703. The van der Waals surface area contributed by atoms with Crippen molar-refractivity contribution in [1.29, 1.82) is 0 Å². The minimum absolute atomic E-state index is 0.0174. The molecular formula is C12H24N2O. The molecule has 0 aliphatic heterocycles. The minimum atomic E-state index is -0.321. The number of hydrogen-bond donors (Lipinski definition) is 2. The highest BCUT2D eigenvalue weighted by Crippen LogP contribution is 2.51. The van der Waals surface area contributed by atoms with Crippen LogP contribution in [0.2, 0.25) is 0 Å². The molecule has 88 valence electrons. The third-order valence-electron chi connectivity index (χ3n) is 3.67. The monoisotopic (exact) mass is 212 g/mol. The van der Waals surface area contributed by atoms with E-state index in [2.05, 4.69) is 19.2 Å². The van der Waals surface area contributed by atoms with E-state index in [1.165, 1.54) is 12.8 Å². The zero-order valence-electron chi connectivity index (χ0n) is 10.2. The molecule has 1 saturated carbocycles. The van der Waals surface area contributed by atoms with Crippen molar-refractivity contribution in [1.82, 2.24) is 5.32 Å². The van der Waals surface area contributed by atoms with Crippen molar-refractivity contribution in [2.24, 2.45) is 17.1 Å². The molecule has 0 aromatic carbocycles. The Labute approximate surface area is 92.8 Å². The van der Waals surface area contributed by atoms with Gasteiger partial charge in [-0.25, -0.2) is 0 Å². The van der Waals surface area contributed by atoms with Crippen LogP contribution < -0.4 is 11.1 Å². The first-order chi connectivity index (χ1) is 7.02. The van der Waals surface area contributed by atoms with Crippen molar-refractivity contribution >= 4 is 5.91 Å². The highest BCUT2D eigenvalue weighted by atomic mass is 16.2. The average molecular weight is 212 g/mol. The molecule has 1 aliphatic carbocycles. The first-order valence-electron chi connectivity index (χ1n) is 6.05. The maximum Gasteiger partial charge on any atom is 0.236 e. The second-order valence-electron chi connectivity index (χ2n) is 5.13. The van der Waals surface area contributed by atoms with E-state index in [1.807, 2.05) is 6.92 Å². The van der Waals surface area contributed by atoms with E-state index in [9.17, 15) is 4.79 Å². The van der Waals surface area contributed by atoms with Crippen LogP contribution in [-0.4, -0.2) is 18.5 Å². The molecule has 0 radical (unpaired) electrons. The van der Waals surface area contributed by atoms with Gasteiger partial charge in [0.05, 0.1) is 6.04 Å². The first-order valence-corrected chi connectivity index (χ1v) is 6.05. The molecule has 0 spiro atoms. The molecule has 0 heterocycles. The Morgan fingerprint density at radius 1 is 1.47 bits per heavy atom. The highest BCUT2D eigenvalue weighted by Gasteiger charge is 2.45. The predicted molar refractivity (Wildman–Crippen MR) is 62.4 cm³/mol. The lowest BCUT2D eigenvalue weighted by Gasteiger charge is -2.21. The van der Waals surface area contributed by atoms with Gasteiger partial charge >= 0.3 is 0 Å². The fourth-order valence-electron chi connectivity index (χ4n) is 1.96. The molecule has 0 bridgehead atoms. The maximum atomic E-state index is 11.6. The van der Waals surface area contributed by atoms with E-state index in [0.29, 0.717) is 11.3 Å². The molecule has 0 aromatic heterocycles. The summed E-state index contributed by atoms with van der Waals surface area (Å²) in [4.78, 5) is 11.6. The smallest absolute Gasteiger partial charge is 0.236 e. The van der Waals surface area contributed by atoms with Crippen molar-refractivity contribution in [3.8, 4) is 0 Å². The van der Waals surface area contributed by atoms with Crippen molar-refractivity contribution in [3.05, 3.63) is 0 Å². The number of nitrogens with one attached hydrogen (secondary N) is 1. The van der Waals surface area contributed by atoms with Crippen molar-refractivity contribution in [2.45, 2.75) is 52.5 Å². The van der Waals surface area contributed by atoms with Gasteiger partial charge in [0.1, 0.15) is 0 Å². The fraction of sp³-hybridized carbons (Fsp3) is 0.917. The van der Waals surface area contributed by atoms with Gasteiger partial charge in [-0.15, -0.1) is 0 Å². The molecule has 0 unspecified atom stereocenters. The first kappa shape index (κ1) is 12.5. The van der Waals surface area contributed by atoms with E-state index in [4.69, 9.17) is 5.73 Å². The Bertz CT molecular complexity index is 222. The van der Waals surface area contributed by atoms with Crippen LogP contribution in [-0.2, 0) is 4.79 Å². The molecule has 0 saturated heterocycles. The van der Waals surface area contributed by atoms with Crippen molar-refractivity contribution in [2.75, 3.05) is 6.54 Å². The van der Waals surface area contributed by atoms with E-state index >= 15 is 0 Å². The summed E-state index contributed by atoms with van der Waals surface area (Å²) in [6, 6.07) is -0.321. The largest absolute Gasteiger partial charge is 0.354 e. The third-order valence-corrected chi connectivity index (χ3v) is 3.67. The molecule has 1 aliphatic rings. The Balaban J connectivity index is 2.28. The highest BCUT2D eigenvalue weighted by molar-refractivity contribution is 5.81. The van der Waals surface area contributed by atoms with Crippen LogP contribution in [0.15, 0.2) is 0 Å². The van der Waals surface area contributed by atoms with E-state index in [0.717, 1.165) is 19.4 Å². The van der Waals surface area contributed by atoms with Gasteiger partial charge in [-0.3, -0.25) is 4.79 Å². The summed E-state index contributed by atoms with van der Waals surface area (Å²) in [5.41, 5.74) is 6.12. The number of rotatable bonds is 6. The standard InChI is InChI=1S/C12H24N2O/c1-4-5-10(13)11(15)14-8-12(6-7-12)9(2)3/h9-10H,4-8,13H2,1-3H3,(H,14,15)/t10-/m1/s1. The summed E-state index contributed by atoms with van der Waals surface area (Å²) >= 11 is 0. The SMILES string of the molecule is CCC[C@@H](N)C(=O)NCC1(C(C)C)CC1. The van der Waals surface area contributed by atoms with Crippen LogP contribution in [0.3, 0.4) is 0 Å². The summed E-state index contributed by atoms with van der Waals surface area (Å²) < 4.78 is 0. The van der Waals surface area contributed by atoms with Crippen LogP contribution >= 0.6 is 0 Å². The summed E-state index contributed by atoms with van der Waals surface area (Å²) in [5, 5.41) is 2.99. The van der Waals surface area contributed by atoms with Crippen LogP contribution in [0.4, 0.5) is 0 Å². The lowest BCUT2D eigenvalue weighted by atomic mass is 9.92. The van der Waals surface area contributed by atoms with Gasteiger partial charge in [0.2, 0.25) is 5.91 Å². The van der Waals surface area contributed by atoms with Gasteiger partial charge in [-0.1, -0.05) is 27.2 Å². The van der Waals surface area contributed by atoms with Crippen LogP contribution in [0.25, 0.3) is 0 Å². The van der Waals surface area contributed by atoms with Gasteiger partial charge in [0.25, 0.3) is 0 Å². The zero-order valence-corrected chi connectivity index (χ0v) is 10.2. The number of amides is 1. The van der Waals surface area contributed by atoms with Crippen LogP contribution in [0.1, 0.15) is 46.5 Å². The molecule has 1 amide bonds. The zero-order chi connectivity index (χ0) is 11.5.